The minimum atomic E-state index is -0.183. The van der Waals surface area contributed by atoms with Crippen molar-refractivity contribution >= 4 is 23.4 Å². The van der Waals surface area contributed by atoms with Crippen LogP contribution < -0.4 is 10.2 Å². The van der Waals surface area contributed by atoms with Gasteiger partial charge in [0.05, 0.1) is 13.7 Å². The van der Waals surface area contributed by atoms with Gasteiger partial charge in [-0.2, -0.15) is 0 Å². The van der Waals surface area contributed by atoms with Crippen LogP contribution in [0.25, 0.3) is 0 Å². The van der Waals surface area contributed by atoms with E-state index in [1.807, 2.05) is 12.1 Å². The first-order valence-corrected chi connectivity index (χ1v) is 11.8. The number of hydrogen-bond donors (Lipinski definition) is 1. The molecule has 0 bridgehead atoms. The van der Waals surface area contributed by atoms with Crippen LogP contribution in [-0.2, 0) is 9.53 Å². The molecule has 1 heterocycles. The molecule has 2 saturated carbocycles. The maximum absolute atomic E-state index is 13.1. The van der Waals surface area contributed by atoms with Gasteiger partial charge in [0.15, 0.2) is 0 Å². The molecule has 1 N–H and O–H groups in total. The number of esters is 1. The first-order valence-electron chi connectivity index (χ1n) is 11.8. The summed E-state index contributed by atoms with van der Waals surface area (Å²) in [4.78, 5) is 31.1. The smallest absolute Gasteiger partial charge is 0.322 e. The molecule has 0 aromatic heterocycles. The molecule has 0 radical (unpaired) electrons. The van der Waals surface area contributed by atoms with E-state index in [4.69, 9.17) is 4.74 Å². The SMILES string of the molecule is COC(=O)CN1CCN(c2ccc(NC(=O)N(CC3CC3)C3CCCCC3)cc2)CC1. The van der Waals surface area contributed by atoms with E-state index in [1.54, 1.807) is 0 Å². The highest BCUT2D eigenvalue weighted by Crippen LogP contribution is 2.33. The Morgan fingerprint density at radius 1 is 1.00 bits per heavy atom. The molecule has 1 aliphatic heterocycles. The third-order valence-electron chi connectivity index (χ3n) is 6.86. The normalized spacial score (nSPS) is 20.4. The fourth-order valence-electron chi connectivity index (χ4n) is 4.73. The Morgan fingerprint density at radius 2 is 1.68 bits per heavy atom. The standard InChI is InChI=1S/C24H36N4O3/c1-31-23(29)18-26-13-15-27(16-14-26)21-11-9-20(10-12-21)25-24(30)28(17-19-7-8-19)22-5-3-2-4-6-22/h9-12,19,22H,2-8,13-18H2,1H3,(H,25,30). The summed E-state index contributed by atoms with van der Waals surface area (Å²) < 4.78 is 4.76. The second-order valence-corrected chi connectivity index (χ2v) is 9.20. The van der Waals surface area contributed by atoms with Gasteiger partial charge in [-0.25, -0.2) is 4.79 Å². The Kier molecular flexibility index (Phi) is 7.33. The summed E-state index contributed by atoms with van der Waals surface area (Å²) in [5.74, 6) is 0.519. The highest BCUT2D eigenvalue weighted by Gasteiger charge is 2.32. The largest absolute Gasteiger partial charge is 0.468 e. The number of carbonyl (C=O) groups is 2. The van der Waals surface area contributed by atoms with Crippen molar-refractivity contribution in [2.75, 3.05) is 56.6 Å². The van der Waals surface area contributed by atoms with Gasteiger partial charge in [0, 0.05) is 50.1 Å². The molecule has 170 valence electrons. The lowest BCUT2D eigenvalue weighted by molar-refractivity contribution is -0.142. The zero-order valence-electron chi connectivity index (χ0n) is 18.7. The minimum absolute atomic E-state index is 0.0583. The van der Waals surface area contributed by atoms with E-state index >= 15 is 0 Å². The fourth-order valence-corrected chi connectivity index (χ4v) is 4.73. The van der Waals surface area contributed by atoms with Crippen LogP contribution in [0.4, 0.5) is 16.2 Å². The quantitative estimate of drug-likeness (QED) is 0.673. The Morgan fingerprint density at radius 3 is 2.29 bits per heavy atom. The van der Waals surface area contributed by atoms with Gasteiger partial charge in [-0.05, 0) is 55.9 Å². The molecule has 1 saturated heterocycles. The summed E-state index contributed by atoms with van der Waals surface area (Å²) in [5, 5.41) is 3.15. The number of rotatable bonds is 7. The number of anilines is 2. The number of hydrogen-bond acceptors (Lipinski definition) is 5. The molecule has 31 heavy (non-hydrogen) atoms. The molecule has 3 aliphatic rings. The van der Waals surface area contributed by atoms with Gasteiger partial charge in [-0.3, -0.25) is 9.69 Å². The molecule has 1 aromatic carbocycles. The molecule has 7 heteroatoms. The average molecular weight is 429 g/mol. The average Bonchev–Trinajstić information content (AvgIpc) is 3.63. The molecule has 2 amide bonds. The van der Waals surface area contributed by atoms with Crippen LogP contribution in [0.15, 0.2) is 24.3 Å². The Balaban J connectivity index is 1.30. The summed E-state index contributed by atoms with van der Waals surface area (Å²) in [5.41, 5.74) is 2.01. The van der Waals surface area contributed by atoms with Gasteiger partial charge in [-0.15, -0.1) is 0 Å². The van der Waals surface area contributed by atoms with E-state index in [0.717, 1.165) is 56.9 Å². The first-order chi connectivity index (χ1) is 15.1. The van der Waals surface area contributed by atoms with Gasteiger partial charge >= 0.3 is 12.0 Å². The predicted octanol–water partition coefficient (Wildman–Crippen LogP) is 3.56. The van der Waals surface area contributed by atoms with Gasteiger partial charge in [-0.1, -0.05) is 19.3 Å². The zero-order chi connectivity index (χ0) is 21.6. The molecular weight excluding hydrogens is 392 g/mol. The van der Waals surface area contributed by atoms with Crippen molar-refractivity contribution in [3.05, 3.63) is 24.3 Å². The third-order valence-corrected chi connectivity index (χ3v) is 6.86. The number of nitrogens with zero attached hydrogens (tertiary/aromatic N) is 3. The van der Waals surface area contributed by atoms with Crippen LogP contribution in [0.5, 0.6) is 0 Å². The monoisotopic (exact) mass is 428 g/mol. The topological polar surface area (TPSA) is 65.1 Å². The second-order valence-electron chi connectivity index (χ2n) is 9.20. The molecule has 0 unspecified atom stereocenters. The lowest BCUT2D eigenvalue weighted by Crippen LogP contribution is -2.48. The summed E-state index contributed by atoms with van der Waals surface area (Å²) >= 11 is 0. The van der Waals surface area contributed by atoms with Gasteiger partial charge < -0.3 is 19.9 Å². The van der Waals surface area contributed by atoms with Gasteiger partial charge in [0.2, 0.25) is 0 Å². The second kappa shape index (κ2) is 10.4. The Hall–Kier alpha value is -2.28. The molecular formula is C24H36N4O3. The van der Waals surface area contributed by atoms with Crippen molar-refractivity contribution in [2.45, 2.75) is 51.0 Å². The van der Waals surface area contributed by atoms with E-state index in [1.165, 1.54) is 39.2 Å². The molecule has 0 atom stereocenters. The Labute approximate surface area is 185 Å². The third kappa shape index (κ3) is 6.12. The van der Waals surface area contributed by atoms with Crippen molar-refractivity contribution in [1.82, 2.24) is 9.80 Å². The maximum atomic E-state index is 13.1. The first kappa shape index (κ1) is 21.9. The van der Waals surface area contributed by atoms with Crippen LogP contribution in [0.1, 0.15) is 44.9 Å². The minimum Gasteiger partial charge on any atom is -0.468 e. The lowest BCUT2D eigenvalue weighted by Gasteiger charge is -2.35. The molecule has 0 spiro atoms. The number of carbonyl (C=O) groups excluding carboxylic acids is 2. The highest BCUT2D eigenvalue weighted by atomic mass is 16.5. The van der Waals surface area contributed by atoms with E-state index in [0.29, 0.717) is 18.5 Å². The number of nitrogens with one attached hydrogen (secondary N) is 1. The van der Waals surface area contributed by atoms with Crippen molar-refractivity contribution in [3.8, 4) is 0 Å². The molecule has 2 aliphatic carbocycles. The number of piperazine rings is 1. The summed E-state index contributed by atoms with van der Waals surface area (Å²) in [6.45, 7) is 4.69. The summed E-state index contributed by atoms with van der Waals surface area (Å²) in [6, 6.07) is 8.63. The van der Waals surface area contributed by atoms with Crippen molar-refractivity contribution < 1.29 is 14.3 Å². The highest BCUT2D eigenvalue weighted by molar-refractivity contribution is 5.89. The zero-order valence-corrected chi connectivity index (χ0v) is 18.7. The van der Waals surface area contributed by atoms with Crippen LogP contribution in [-0.4, -0.2) is 74.2 Å². The van der Waals surface area contributed by atoms with Crippen LogP contribution in [0, 0.1) is 5.92 Å². The number of ether oxygens (including phenoxy) is 1. The maximum Gasteiger partial charge on any atom is 0.322 e. The van der Waals surface area contributed by atoms with Crippen molar-refractivity contribution in [1.29, 1.82) is 0 Å². The van der Waals surface area contributed by atoms with Crippen molar-refractivity contribution in [3.63, 3.8) is 0 Å². The van der Waals surface area contributed by atoms with Crippen LogP contribution in [0.2, 0.25) is 0 Å². The summed E-state index contributed by atoms with van der Waals surface area (Å²) in [7, 11) is 1.43. The molecule has 3 fully saturated rings. The van der Waals surface area contributed by atoms with E-state index in [-0.39, 0.29) is 12.0 Å². The summed E-state index contributed by atoms with van der Waals surface area (Å²) in [6.07, 6.45) is 8.58. The van der Waals surface area contributed by atoms with E-state index < -0.39 is 0 Å². The number of urea groups is 1. The molecule has 4 rings (SSSR count). The number of amides is 2. The molecule has 7 nitrogen and oxygen atoms in total. The van der Waals surface area contributed by atoms with E-state index in [9.17, 15) is 9.59 Å². The number of benzene rings is 1. The van der Waals surface area contributed by atoms with E-state index in [2.05, 4.69) is 32.1 Å². The van der Waals surface area contributed by atoms with Crippen LogP contribution >= 0.6 is 0 Å². The predicted molar refractivity (Wildman–Crippen MR) is 122 cm³/mol. The number of methoxy groups -OCH3 is 1. The van der Waals surface area contributed by atoms with Gasteiger partial charge in [0.25, 0.3) is 0 Å². The van der Waals surface area contributed by atoms with Crippen molar-refractivity contribution in [2.24, 2.45) is 5.92 Å². The fraction of sp³-hybridized carbons (Fsp3) is 0.667. The lowest BCUT2D eigenvalue weighted by atomic mass is 9.94. The van der Waals surface area contributed by atoms with Gasteiger partial charge in [0.1, 0.15) is 0 Å². The Bertz CT molecular complexity index is 736. The van der Waals surface area contributed by atoms with Crippen LogP contribution in [0.3, 0.4) is 0 Å². The molecule has 1 aromatic rings.